The average Bonchev–Trinajstić information content (AvgIpc) is 2.76. The highest BCUT2D eigenvalue weighted by atomic mass is 35.5. The molecule has 1 N–H and O–H groups in total. The summed E-state index contributed by atoms with van der Waals surface area (Å²) in [5.41, 5.74) is 1.70. The fourth-order valence-electron chi connectivity index (χ4n) is 1.49. The predicted octanol–water partition coefficient (Wildman–Crippen LogP) is 3.42. The van der Waals surface area contributed by atoms with Gasteiger partial charge in [0.15, 0.2) is 0 Å². The molecule has 1 aromatic carbocycles. The minimum Gasteiger partial charge on any atom is -0.469 e. The lowest BCUT2D eigenvalue weighted by Crippen LogP contribution is -2.14. The number of amides is 1. The molecule has 0 unspecified atom stereocenters. The number of rotatable bonds is 3. The summed E-state index contributed by atoms with van der Waals surface area (Å²) in [6.07, 6.45) is 1.77. The zero-order chi connectivity index (χ0) is 12.3. The first kappa shape index (κ1) is 11.7. The SMILES string of the molecule is Cc1ccc(Cl)cc1NC(=O)Cc1ccco1. The van der Waals surface area contributed by atoms with Gasteiger partial charge in [0.05, 0.1) is 12.7 Å². The highest BCUT2D eigenvalue weighted by Gasteiger charge is 2.07. The molecule has 1 aromatic heterocycles. The molecular formula is C13H12ClNO2. The fraction of sp³-hybridized carbons (Fsp3) is 0.154. The third kappa shape index (κ3) is 3.11. The Hall–Kier alpha value is -1.74. The molecule has 2 aromatic rings. The van der Waals surface area contributed by atoms with E-state index in [1.54, 1.807) is 30.5 Å². The molecule has 0 bridgehead atoms. The number of nitrogens with one attached hydrogen (secondary N) is 1. The van der Waals surface area contributed by atoms with Crippen molar-refractivity contribution in [3.05, 3.63) is 52.9 Å². The molecule has 0 saturated heterocycles. The van der Waals surface area contributed by atoms with Crippen LogP contribution in [0.5, 0.6) is 0 Å². The minimum atomic E-state index is -0.120. The summed E-state index contributed by atoms with van der Waals surface area (Å²) >= 11 is 5.87. The molecule has 2 rings (SSSR count). The molecule has 0 fully saturated rings. The first-order valence-corrected chi connectivity index (χ1v) is 5.61. The smallest absolute Gasteiger partial charge is 0.232 e. The van der Waals surface area contributed by atoms with Crippen LogP contribution in [0, 0.1) is 6.92 Å². The molecule has 0 spiro atoms. The van der Waals surface area contributed by atoms with Crippen LogP contribution >= 0.6 is 11.6 Å². The van der Waals surface area contributed by atoms with Crippen molar-refractivity contribution in [2.24, 2.45) is 0 Å². The molecule has 0 atom stereocenters. The Morgan fingerprint density at radius 1 is 1.41 bits per heavy atom. The Labute approximate surface area is 104 Å². The summed E-state index contributed by atoms with van der Waals surface area (Å²) in [6, 6.07) is 8.92. The molecule has 0 saturated carbocycles. The lowest BCUT2D eigenvalue weighted by atomic mass is 10.2. The van der Waals surface area contributed by atoms with E-state index in [0.717, 1.165) is 11.3 Å². The quantitative estimate of drug-likeness (QED) is 0.906. The molecular weight excluding hydrogens is 238 g/mol. The lowest BCUT2D eigenvalue weighted by Gasteiger charge is -2.07. The third-order valence-corrected chi connectivity index (χ3v) is 2.62. The summed E-state index contributed by atoms with van der Waals surface area (Å²) < 4.78 is 5.11. The highest BCUT2D eigenvalue weighted by molar-refractivity contribution is 6.31. The van der Waals surface area contributed by atoms with Gasteiger partial charge in [-0.2, -0.15) is 0 Å². The Morgan fingerprint density at radius 3 is 2.94 bits per heavy atom. The number of benzene rings is 1. The Kier molecular flexibility index (Phi) is 3.49. The van der Waals surface area contributed by atoms with E-state index in [0.29, 0.717) is 10.8 Å². The van der Waals surface area contributed by atoms with Crippen LogP contribution in [-0.2, 0) is 11.2 Å². The largest absolute Gasteiger partial charge is 0.469 e. The van der Waals surface area contributed by atoms with Gasteiger partial charge in [-0.3, -0.25) is 4.79 Å². The standard InChI is InChI=1S/C13H12ClNO2/c1-9-4-5-10(14)7-12(9)15-13(16)8-11-3-2-6-17-11/h2-7H,8H2,1H3,(H,15,16). The van der Waals surface area contributed by atoms with Gasteiger partial charge in [-0.15, -0.1) is 0 Å². The zero-order valence-electron chi connectivity index (χ0n) is 9.37. The molecule has 3 nitrogen and oxygen atoms in total. The van der Waals surface area contributed by atoms with Gasteiger partial charge < -0.3 is 9.73 Å². The second kappa shape index (κ2) is 5.06. The van der Waals surface area contributed by atoms with Crippen molar-refractivity contribution in [1.82, 2.24) is 0 Å². The summed E-state index contributed by atoms with van der Waals surface area (Å²) in [5.74, 6) is 0.521. The normalized spacial score (nSPS) is 10.2. The van der Waals surface area contributed by atoms with Crippen LogP contribution in [0.15, 0.2) is 41.0 Å². The maximum atomic E-state index is 11.7. The van der Waals surface area contributed by atoms with Crippen molar-refractivity contribution in [2.45, 2.75) is 13.3 Å². The fourth-order valence-corrected chi connectivity index (χ4v) is 1.67. The van der Waals surface area contributed by atoms with Crippen molar-refractivity contribution >= 4 is 23.2 Å². The summed E-state index contributed by atoms with van der Waals surface area (Å²) in [7, 11) is 0. The van der Waals surface area contributed by atoms with Crippen LogP contribution in [0.4, 0.5) is 5.69 Å². The lowest BCUT2D eigenvalue weighted by molar-refractivity contribution is -0.115. The third-order valence-electron chi connectivity index (χ3n) is 2.39. The Bertz CT molecular complexity index is 520. The first-order valence-electron chi connectivity index (χ1n) is 5.23. The summed E-state index contributed by atoms with van der Waals surface area (Å²) in [5, 5.41) is 3.41. The van der Waals surface area contributed by atoms with Gasteiger partial charge in [-0.25, -0.2) is 0 Å². The molecule has 88 valence electrons. The second-order valence-electron chi connectivity index (χ2n) is 3.76. The van der Waals surface area contributed by atoms with Gasteiger partial charge in [0, 0.05) is 10.7 Å². The van der Waals surface area contributed by atoms with E-state index >= 15 is 0 Å². The van der Waals surface area contributed by atoms with E-state index in [9.17, 15) is 4.79 Å². The zero-order valence-corrected chi connectivity index (χ0v) is 10.1. The molecule has 0 aliphatic rings. The van der Waals surface area contributed by atoms with E-state index in [1.807, 2.05) is 13.0 Å². The van der Waals surface area contributed by atoms with E-state index in [4.69, 9.17) is 16.0 Å². The van der Waals surface area contributed by atoms with Crippen LogP contribution in [-0.4, -0.2) is 5.91 Å². The molecule has 0 aliphatic heterocycles. The summed E-state index contributed by atoms with van der Waals surface area (Å²) in [6.45, 7) is 1.92. The average molecular weight is 250 g/mol. The van der Waals surface area contributed by atoms with E-state index in [-0.39, 0.29) is 12.3 Å². The van der Waals surface area contributed by atoms with Crippen molar-refractivity contribution in [1.29, 1.82) is 0 Å². The van der Waals surface area contributed by atoms with Crippen LogP contribution in [0.2, 0.25) is 5.02 Å². The number of hydrogen-bond acceptors (Lipinski definition) is 2. The van der Waals surface area contributed by atoms with Crippen molar-refractivity contribution in [3.8, 4) is 0 Å². The van der Waals surface area contributed by atoms with Gasteiger partial charge in [0.2, 0.25) is 5.91 Å². The Balaban J connectivity index is 2.05. The Morgan fingerprint density at radius 2 is 2.24 bits per heavy atom. The molecule has 0 aliphatic carbocycles. The van der Waals surface area contributed by atoms with E-state index in [2.05, 4.69) is 5.32 Å². The van der Waals surface area contributed by atoms with Gasteiger partial charge >= 0.3 is 0 Å². The van der Waals surface area contributed by atoms with Crippen molar-refractivity contribution in [3.63, 3.8) is 0 Å². The van der Waals surface area contributed by atoms with Crippen molar-refractivity contribution < 1.29 is 9.21 Å². The highest BCUT2D eigenvalue weighted by Crippen LogP contribution is 2.20. The van der Waals surface area contributed by atoms with Crippen LogP contribution in [0.1, 0.15) is 11.3 Å². The number of hydrogen-bond donors (Lipinski definition) is 1. The molecule has 4 heteroatoms. The van der Waals surface area contributed by atoms with Crippen molar-refractivity contribution in [2.75, 3.05) is 5.32 Å². The molecule has 1 amide bonds. The maximum absolute atomic E-state index is 11.7. The summed E-state index contributed by atoms with van der Waals surface area (Å²) in [4.78, 5) is 11.7. The van der Waals surface area contributed by atoms with Gasteiger partial charge in [0.1, 0.15) is 5.76 Å². The topological polar surface area (TPSA) is 42.2 Å². The second-order valence-corrected chi connectivity index (χ2v) is 4.20. The van der Waals surface area contributed by atoms with Crippen LogP contribution < -0.4 is 5.32 Å². The maximum Gasteiger partial charge on any atom is 0.232 e. The molecule has 1 heterocycles. The predicted molar refractivity (Wildman–Crippen MR) is 67.2 cm³/mol. The number of halogens is 1. The minimum absolute atomic E-state index is 0.120. The van der Waals surface area contributed by atoms with Crippen LogP contribution in [0.3, 0.4) is 0 Å². The van der Waals surface area contributed by atoms with E-state index < -0.39 is 0 Å². The number of anilines is 1. The number of furan rings is 1. The van der Waals surface area contributed by atoms with Crippen LogP contribution in [0.25, 0.3) is 0 Å². The van der Waals surface area contributed by atoms with Gasteiger partial charge in [-0.05, 0) is 36.8 Å². The van der Waals surface area contributed by atoms with E-state index in [1.165, 1.54) is 0 Å². The first-order chi connectivity index (χ1) is 8.15. The number of carbonyl (C=O) groups is 1. The number of carbonyl (C=O) groups excluding carboxylic acids is 1. The monoisotopic (exact) mass is 249 g/mol. The van der Waals surface area contributed by atoms with Gasteiger partial charge in [0.25, 0.3) is 0 Å². The molecule has 0 radical (unpaired) electrons. The number of aryl methyl sites for hydroxylation is 1. The molecule has 17 heavy (non-hydrogen) atoms. The van der Waals surface area contributed by atoms with Gasteiger partial charge in [-0.1, -0.05) is 17.7 Å².